The third-order valence-electron chi connectivity index (χ3n) is 5.96. The first-order valence-corrected chi connectivity index (χ1v) is 13.6. The Labute approximate surface area is 228 Å². The van der Waals surface area contributed by atoms with Crippen LogP contribution < -0.4 is 15.4 Å². The van der Waals surface area contributed by atoms with E-state index in [1.54, 1.807) is 29.1 Å². The average Bonchev–Trinajstić information content (AvgIpc) is 3.49. The molecule has 208 valence electrons. The topological polar surface area (TPSA) is 198 Å². The number of carbonyl (C=O) groups excluding carboxylic acids is 2. The zero-order valence-electron chi connectivity index (χ0n) is 20.6. The summed E-state index contributed by atoms with van der Waals surface area (Å²) in [6.07, 6.45) is -0.0847. The van der Waals surface area contributed by atoms with Gasteiger partial charge in [0, 0.05) is 31.5 Å². The SMILES string of the molecule is CNS(=O)(=O)O[C@@H]1C[C@@H](Nc2ncncc2C(=O)c2ccn(Cc3cccc(NC(=O)CCl)c3)n2)[C@H](O)[C@H]1O. The van der Waals surface area contributed by atoms with Crippen LogP contribution in [0.3, 0.4) is 0 Å². The molecule has 1 aliphatic rings. The van der Waals surface area contributed by atoms with Crippen molar-refractivity contribution in [2.24, 2.45) is 0 Å². The number of aliphatic hydroxyl groups excluding tert-OH is 2. The summed E-state index contributed by atoms with van der Waals surface area (Å²) in [6, 6.07) is 7.76. The Kier molecular flexibility index (Phi) is 8.89. The highest BCUT2D eigenvalue weighted by molar-refractivity contribution is 7.84. The van der Waals surface area contributed by atoms with Crippen LogP contribution in [0.2, 0.25) is 0 Å². The summed E-state index contributed by atoms with van der Waals surface area (Å²) in [5, 5.41) is 30.6. The molecule has 1 saturated carbocycles. The first kappa shape index (κ1) is 28.5. The lowest BCUT2D eigenvalue weighted by atomic mass is 10.1. The molecule has 5 N–H and O–H groups in total. The molecule has 0 aliphatic heterocycles. The molecule has 0 unspecified atom stereocenters. The van der Waals surface area contributed by atoms with E-state index in [1.807, 2.05) is 10.8 Å². The van der Waals surface area contributed by atoms with Crippen LogP contribution in [0.25, 0.3) is 0 Å². The molecule has 3 aromatic rings. The van der Waals surface area contributed by atoms with Crippen molar-refractivity contribution in [3.63, 3.8) is 0 Å². The number of nitrogens with one attached hydrogen (secondary N) is 3. The van der Waals surface area contributed by atoms with E-state index in [9.17, 15) is 28.2 Å². The standard InChI is InChI=1S/C23H26ClN7O7S/c1-25-39(36,37)38-18-8-17(21(34)22(18)35)29-23-15(10-26-12-27-23)20(33)16-5-6-31(30-16)11-13-3-2-4-14(7-13)28-19(32)9-24/h2-7,10,12,17-18,21-22,25,34-35H,8-9,11H2,1H3,(H,28,32)(H,26,27,29)/t17-,18-,21+,22+/m1/s1. The van der Waals surface area contributed by atoms with Crippen molar-refractivity contribution in [2.45, 2.75) is 37.3 Å². The number of nitrogens with zero attached hydrogens (tertiary/aromatic N) is 4. The Balaban J connectivity index is 1.47. The van der Waals surface area contributed by atoms with Gasteiger partial charge in [-0.15, -0.1) is 11.6 Å². The van der Waals surface area contributed by atoms with Gasteiger partial charge in [0.05, 0.1) is 18.2 Å². The lowest BCUT2D eigenvalue weighted by Gasteiger charge is -2.19. The average molecular weight is 580 g/mol. The maximum Gasteiger partial charge on any atom is 0.335 e. The molecule has 2 aromatic heterocycles. The third-order valence-corrected chi connectivity index (χ3v) is 7.20. The molecule has 14 nitrogen and oxygen atoms in total. The van der Waals surface area contributed by atoms with Crippen LogP contribution in [-0.4, -0.2) is 87.4 Å². The number of hydrogen-bond donors (Lipinski definition) is 5. The van der Waals surface area contributed by atoms with E-state index >= 15 is 0 Å². The van der Waals surface area contributed by atoms with Crippen molar-refractivity contribution in [1.82, 2.24) is 24.5 Å². The van der Waals surface area contributed by atoms with Gasteiger partial charge in [0.1, 0.15) is 42.0 Å². The maximum atomic E-state index is 13.3. The molecule has 0 saturated heterocycles. The molecule has 4 rings (SSSR count). The van der Waals surface area contributed by atoms with Crippen LogP contribution in [0.5, 0.6) is 0 Å². The number of halogens is 1. The van der Waals surface area contributed by atoms with E-state index in [0.29, 0.717) is 12.2 Å². The molecule has 1 fully saturated rings. The Morgan fingerprint density at radius 1 is 1.23 bits per heavy atom. The summed E-state index contributed by atoms with van der Waals surface area (Å²) in [5.41, 5.74) is 1.56. The third kappa shape index (κ3) is 6.95. The number of rotatable bonds is 11. The lowest BCUT2D eigenvalue weighted by Crippen LogP contribution is -2.38. The monoisotopic (exact) mass is 579 g/mol. The molecule has 2 heterocycles. The molecule has 1 aromatic carbocycles. The summed E-state index contributed by atoms with van der Waals surface area (Å²) in [6.45, 7) is 0.317. The van der Waals surface area contributed by atoms with Gasteiger partial charge in [-0.2, -0.15) is 18.2 Å². The first-order chi connectivity index (χ1) is 18.6. The van der Waals surface area contributed by atoms with Gasteiger partial charge in [-0.3, -0.25) is 18.5 Å². The van der Waals surface area contributed by atoms with Crippen LogP contribution in [0.15, 0.2) is 49.1 Å². The second-order valence-electron chi connectivity index (χ2n) is 8.66. The highest BCUT2D eigenvalue weighted by Crippen LogP contribution is 2.28. The highest BCUT2D eigenvalue weighted by atomic mass is 35.5. The van der Waals surface area contributed by atoms with Gasteiger partial charge in [0.15, 0.2) is 0 Å². The largest absolute Gasteiger partial charge is 0.388 e. The van der Waals surface area contributed by atoms with E-state index in [-0.39, 0.29) is 35.3 Å². The van der Waals surface area contributed by atoms with E-state index in [4.69, 9.17) is 15.8 Å². The fraction of sp³-hybridized carbons (Fsp3) is 0.348. The minimum atomic E-state index is -4.11. The number of alkyl halides is 1. The fourth-order valence-electron chi connectivity index (χ4n) is 4.06. The van der Waals surface area contributed by atoms with Crippen LogP contribution in [0.4, 0.5) is 11.5 Å². The molecule has 39 heavy (non-hydrogen) atoms. The van der Waals surface area contributed by atoms with Gasteiger partial charge < -0.3 is 20.8 Å². The smallest absolute Gasteiger partial charge is 0.335 e. The summed E-state index contributed by atoms with van der Waals surface area (Å²) in [7, 11) is -2.95. The van der Waals surface area contributed by atoms with Crippen molar-refractivity contribution in [3.8, 4) is 0 Å². The Morgan fingerprint density at radius 2 is 2.03 bits per heavy atom. The number of ketones is 1. The van der Waals surface area contributed by atoms with Gasteiger partial charge in [-0.25, -0.2) is 9.97 Å². The Hall–Kier alpha value is -3.47. The number of aliphatic hydroxyl groups is 2. The molecule has 0 spiro atoms. The molecule has 4 atom stereocenters. The molecule has 1 amide bonds. The predicted octanol–water partition coefficient (Wildman–Crippen LogP) is -0.115. The number of hydrogen-bond acceptors (Lipinski definition) is 11. The minimum absolute atomic E-state index is 0.0578. The van der Waals surface area contributed by atoms with Crippen molar-refractivity contribution in [2.75, 3.05) is 23.6 Å². The van der Waals surface area contributed by atoms with Gasteiger partial charge in [0.2, 0.25) is 11.7 Å². The molecule has 1 aliphatic carbocycles. The molecule has 0 radical (unpaired) electrons. The van der Waals surface area contributed by atoms with E-state index < -0.39 is 40.4 Å². The van der Waals surface area contributed by atoms with Crippen LogP contribution in [0, 0.1) is 0 Å². The molecular formula is C23H26ClN7O7S. The predicted molar refractivity (Wildman–Crippen MR) is 139 cm³/mol. The zero-order chi connectivity index (χ0) is 28.2. The summed E-state index contributed by atoms with van der Waals surface area (Å²) in [5.74, 6) is -0.929. The number of benzene rings is 1. The molecule has 16 heteroatoms. The van der Waals surface area contributed by atoms with Crippen LogP contribution in [0.1, 0.15) is 28.0 Å². The number of aromatic nitrogens is 4. The number of amides is 1. The normalized spacial score (nSPS) is 21.0. The Morgan fingerprint density at radius 3 is 2.77 bits per heavy atom. The quantitative estimate of drug-likeness (QED) is 0.150. The molecule has 0 bridgehead atoms. The van der Waals surface area contributed by atoms with Crippen LogP contribution >= 0.6 is 11.6 Å². The highest BCUT2D eigenvalue weighted by Gasteiger charge is 2.44. The van der Waals surface area contributed by atoms with Crippen molar-refractivity contribution in [3.05, 3.63) is 65.9 Å². The maximum absolute atomic E-state index is 13.3. The second-order valence-corrected chi connectivity index (χ2v) is 10.4. The zero-order valence-corrected chi connectivity index (χ0v) is 22.1. The number of carbonyl (C=O) groups is 2. The van der Waals surface area contributed by atoms with E-state index in [1.165, 1.54) is 18.6 Å². The number of anilines is 2. The van der Waals surface area contributed by atoms with Gasteiger partial charge in [-0.1, -0.05) is 12.1 Å². The summed E-state index contributed by atoms with van der Waals surface area (Å²) < 4.78 is 31.9. The van der Waals surface area contributed by atoms with Gasteiger partial charge in [0.25, 0.3) is 0 Å². The fourth-order valence-corrected chi connectivity index (χ4v) is 4.74. The first-order valence-electron chi connectivity index (χ1n) is 11.7. The minimum Gasteiger partial charge on any atom is -0.388 e. The van der Waals surface area contributed by atoms with Gasteiger partial charge in [-0.05, 0) is 23.8 Å². The lowest BCUT2D eigenvalue weighted by molar-refractivity contribution is -0.113. The van der Waals surface area contributed by atoms with E-state index in [0.717, 1.165) is 12.6 Å². The molecular weight excluding hydrogens is 554 g/mol. The second kappa shape index (κ2) is 12.1. The van der Waals surface area contributed by atoms with Crippen LogP contribution in [-0.2, 0) is 25.8 Å². The van der Waals surface area contributed by atoms with E-state index in [2.05, 4.69) is 25.7 Å². The van der Waals surface area contributed by atoms with Gasteiger partial charge >= 0.3 is 10.3 Å². The van der Waals surface area contributed by atoms with Crippen molar-refractivity contribution in [1.29, 1.82) is 0 Å². The Bertz CT molecular complexity index is 1450. The van der Waals surface area contributed by atoms with Crippen molar-refractivity contribution >= 4 is 45.1 Å². The summed E-state index contributed by atoms with van der Waals surface area (Å²) in [4.78, 5) is 32.8. The van der Waals surface area contributed by atoms with Crippen molar-refractivity contribution < 1.29 is 32.4 Å². The summed E-state index contributed by atoms with van der Waals surface area (Å²) >= 11 is 5.54.